The summed E-state index contributed by atoms with van der Waals surface area (Å²) in [7, 11) is 0. The second-order valence-electron chi connectivity index (χ2n) is 2.99. The monoisotopic (exact) mass is 204 g/mol. The Morgan fingerprint density at radius 3 is 2.47 bits per heavy atom. The maximum atomic E-state index is 11.2. The minimum atomic E-state index is -1.23. The van der Waals surface area contributed by atoms with Gasteiger partial charge in [-0.15, -0.1) is 0 Å². The largest absolute Gasteiger partial charge is 0.477 e. The molecular weight excluding hydrogens is 196 g/mol. The molecule has 15 heavy (non-hydrogen) atoms. The van der Waals surface area contributed by atoms with Gasteiger partial charge in [0.05, 0.1) is 5.69 Å². The van der Waals surface area contributed by atoms with Crippen LogP contribution in [0.5, 0.6) is 0 Å². The van der Waals surface area contributed by atoms with Gasteiger partial charge in [0.25, 0.3) is 5.56 Å². The summed E-state index contributed by atoms with van der Waals surface area (Å²) in [5.74, 6) is -1.23. The number of H-pyrrole nitrogens is 1. The van der Waals surface area contributed by atoms with E-state index < -0.39 is 11.5 Å². The van der Waals surface area contributed by atoms with Crippen molar-refractivity contribution in [3.05, 3.63) is 52.4 Å². The van der Waals surface area contributed by atoms with Gasteiger partial charge in [-0.2, -0.15) is 0 Å². The van der Waals surface area contributed by atoms with Gasteiger partial charge < -0.3 is 5.11 Å². The molecule has 2 N–H and O–H groups in total. The molecule has 0 saturated heterocycles. The van der Waals surface area contributed by atoms with E-state index in [2.05, 4.69) is 5.10 Å². The highest BCUT2D eigenvalue weighted by atomic mass is 16.4. The van der Waals surface area contributed by atoms with E-state index in [1.165, 1.54) is 10.9 Å². The minimum Gasteiger partial charge on any atom is -0.477 e. The van der Waals surface area contributed by atoms with Crippen molar-refractivity contribution in [3.8, 4) is 5.69 Å². The van der Waals surface area contributed by atoms with E-state index in [0.29, 0.717) is 5.69 Å². The van der Waals surface area contributed by atoms with Gasteiger partial charge in [0.1, 0.15) is 5.56 Å². The van der Waals surface area contributed by atoms with Gasteiger partial charge in [-0.3, -0.25) is 14.6 Å². The number of carboxylic acid groups (broad SMARTS) is 1. The number of carbonyl (C=O) groups is 1. The van der Waals surface area contributed by atoms with Crippen LogP contribution >= 0.6 is 0 Å². The van der Waals surface area contributed by atoms with Gasteiger partial charge in [-0.1, -0.05) is 18.2 Å². The standard InChI is InChI=1S/C10H8N2O3/c13-9-8(10(14)15)6-12(11-9)7-4-2-1-3-5-7/h1-6H,(H,11,13)(H,14,15). The van der Waals surface area contributed by atoms with Crippen LogP contribution in [0.2, 0.25) is 0 Å². The Hall–Kier alpha value is -2.30. The van der Waals surface area contributed by atoms with Crippen molar-refractivity contribution < 1.29 is 9.90 Å². The lowest BCUT2D eigenvalue weighted by Crippen LogP contribution is -2.11. The molecule has 2 rings (SSSR count). The Balaban J connectivity index is 2.53. The third-order valence-corrected chi connectivity index (χ3v) is 1.99. The molecule has 0 unspecified atom stereocenters. The summed E-state index contributed by atoms with van der Waals surface area (Å²) in [4.78, 5) is 21.8. The van der Waals surface area contributed by atoms with Crippen LogP contribution in [0.4, 0.5) is 0 Å². The second-order valence-corrected chi connectivity index (χ2v) is 2.99. The van der Waals surface area contributed by atoms with E-state index in [0.717, 1.165) is 0 Å². The molecular formula is C10H8N2O3. The maximum Gasteiger partial charge on any atom is 0.342 e. The predicted octanol–water partition coefficient (Wildman–Crippen LogP) is 0.864. The topological polar surface area (TPSA) is 75.1 Å². The number of carboxylic acids is 1. The molecule has 0 saturated carbocycles. The van der Waals surface area contributed by atoms with Crippen LogP contribution in [0, 0.1) is 0 Å². The minimum absolute atomic E-state index is 0.265. The van der Waals surface area contributed by atoms with Gasteiger partial charge in [-0.05, 0) is 12.1 Å². The Morgan fingerprint density at radius 2 is 1.93 bits per heavy atom. The van der Waals surface area contributed by atoms with Gasteiger partial charge in [0.2, 0.25) is 0 Å². The number of hydrogen-bond acceptors (Lipinski definition) is 2. The first-order chi connectivity index (χ1) is 7.18. The third kappa shape index (κ3) is 1.67. The van der Waals surface area contributed by atoms with Crippen molar-refractivity contribution in [2.24, 2.45) is 0 Å². The van der Waals surface area contributed by atoms with Crippen molar-refractivity contribution in [2.75, 3.05) is 0 Å². The average Bonchev–Trinajstić information content (AvgIpc) is 2.62. The first kappa shape index (κ1) is 9.26. The SMILES string of the molecule is O=C(O)c1cn(-c2ccccc2)[nH]c1=O. The Kier molecular flexibility index (Phi) is 2.13. The number of aromatic amines is 1. The number of rotatable bonds is 2. The molecule has 5 nitrogen and oxygen atoms in total. The van der Waals surface area contributed by atoms with Crippen LogP contribution in [-0.4, -0.2) is 20.9 Å². The fourth-order valence-electron chi connectivity index (χ4n) is 1.27. The van der Waals surface area contributed by atoms with E-state index in [1.807, 2.05) is 6.07 Å². The molecule has 0 spiro atoms. The number of aromatic carboxylic acids is 1. The van der Waals surface area contributed by atoms with E-state index >= 15 is 0 Å². The van der Waals surface area contributed by atoms with Crippen LogP contribution in [0.25, 0.3) is 5.69 Å². The molecule has 0 atom stereocenters. The van der Waals surface area contributed by atoms with Crippen molar-refractivity contribution >= 4 is 5.97 Å². The fourth-order valence-corrected chi connectivity index (χ4v) is 1.27. The third-order valence-electron chi connectivity index (χ3n) is 1.99. The zero-order chi connectivity index (χ0) is 10.8. The van der Waals surface area contributed by atoms with Crippen molar-refractivity contribution in [1.29, 1.82) is 0 Å². The molecule has 2 aromatic rings. The number of para-hydroxylation sites is 1. The van der Waals surface area contributed by atoms with Gasteiger partial charge in [0.15, 0.2) is 0 Å². The molecule has 5 heteroatoms. The lowest BCUT2D eigenvalue weighted by atomic mass is 10.3. The molecule has 0 radical (unpaired) electrons. The average molecular weight is 204 g/mol. The fraction of sp³-hybridized carbons (Fsp3) is 0. The highest BCUT2D eigenvalue weighted by Crippen LogP contribution is 2.04. The molecule has 1 aromatic heterocycles. The molecule has 0 fully saturated rings. The summed E-state index contributed by atoms with van der Waals surface area (Å²) < 4.78 is 1.38. The molecule has 0 aliphatic rings. The van der Waals surface area contributed by atoms with E-state index in [1.54, 1.807) is 24.3 Å². The van der Waals surface area contributed by atoms with Crippen molar-refractivity contribution in [2.45, 2.75) is 0 Å². The van der Waals surface area contributed by atoms with E-state index in [9.17, 15) is 9.59 Å². The molecule has 0 aliphatic heterocycles. The summed E-state index contributed by atoms with van der Waals surface area (Å²) >= 11 is 0. The maximum absolute atomic E-state index is 11.2. The van der Waals surface area contributed by atoms with Gasteiger partial charge in [-0.25, -0.2) is 4.79 Å². The first-order valence-corrected chi connectivity index (χ1v) is 4.29. The van der Waals surface area contributed by atoms with Crippen LogP contribution in [0.15, 0.2) is 41.3 Å². The first-order valence-electron chi connectivity index (χ1n) is 4.29. The van der Waals surface area contributed by atoms with Crippen molar-refractivity contribution in [3.63, 3.8) is 0 Å². The summed E-state index contributed by atoms with van der Waals surface area (Å²) in [6.45, 7) is 0. The highest BCUT2D eigenvalue weighted by molar-refractivity contribution is 5.86. The lowest BCUT2D eigenvalue weighted by Gasteiger charge is -1.99. The number of benzene rings is 1. The van der Waals surface area contributed by atoms with Crippen LogP contribution in [0.3, 0.4) is 0 Å². The summed E-state index contributed by atoms with van der Waals surface area (Å²) in [5, 5.41) is 11.1. The number of aromatic nitrogens is 2. The highest BCUT2D eigenvalue weighted by Gasteiger charge is 2.11. The normalized spacial score (nSPS) is 10.1. The quantitative estimate of drug-likeness (QED) is 0.761. The zero-order valence-corrected chi connectivity index (χ0v) is 7.68. The van der Waals surface area contributed by atoms with E-state index in [-0.39, 0.29) is 5.56 Å². The summed E-state index contributed by atoms with van der Waals surface area (Å²) in [5.41, 5.74) is -0.160. The Bertz CT molecular complexity index is 539. The smallest absolute Gasteiger partial charge is 0.342 e. The zero-order valence-electron chi connectivity index (χ0n) is 7.68. The predicted molar refractivity (Wildman–Crippen MR) is 53.3 cm³/mol. The number of hydrogen-bond donors (Lipinski definition) is 2. The Labute approximate surface area is 84.6 Å². The number of nitrogens with zero attached hydrogens (tertiary/aromatic N) is 1. The Morgan fingerprint density at radius 1 is 1.27 bits per heavy atom. The van der Waals surface area contributed by atoms with Crippen LogP contribution in [-0.2, 0) is 0 Å². The van der Waals surface area contributed by atoms with E-state index in [4.69, 9.17) is 5.11 Å². The van der Waals surface area contributed by atoms with Crippen molar-refractivity contribution in [1.82, 2.24) is 9.78 Å². The lowest BCUT2D eigenvalue weighted by molar-refractivity contribution is 0.0695. The summed E-state index contributed by atoms with van der Waals surface area (Å²) in [6, 6.07) is 8.97. The molecule has 0 amide bonds. The van der Waals surface area contributed by atoms with Gasteiger partial charge in [0, 0.05) is 6.20 Å². The molecule has 0 aliphatic carbocycles. The molecule has 1 aromatic carbocycles. The second kappa shape index (κ2) is 3.45. The van der Waals surface area contributed by atoms with Crippen LogP contribution in [0.1, 0.15) is 10.4 Å². The summed E-state index contributed by atoms with van der Waals surface area (Å²) in [6.07, 6.45) is 1.26. The van der Waals surface area contributed by atoms with Crippen LogP contribution < -0.4 is 5.56 Å². The molecule has 76 valence electrons. The number of nitrogens with one attached hydrogen (secondary N) is 1. The molecule has 1 heterocycles. The molecule has 0 bridgehead atoms. The van der Waals surface area contributed by atoms with Gasteiger partial charge >= 0.3 is 5.97 Å².